The molecule has 0 heterocycles. The number of hydroxylamine groups is 1. The molecule has 182 valence electrons. The van der Waals surface area contributed by atoms with E-state index < -0.39 is 30.1 Å². The van der Waals surface area contributed by atoms with Gasteiger partial charge >= 0.3 is 12.1 Å². The maximum absolute atomic E-state index is 12.6. The molecular weight excluding hydrogens is 440 g/mol. The summed E-state index contributed by atoms with van der Waals surface area (Å²) >= 11 is 0. The lowest BCUT2D eigenvalue weighted by atomic mass is 9.98. The zero-order chi connectivity index (χ0) is 24.7. The van der Waals surface area contributed by atoms with Crippen LogP contribution in [-0.2, 0) is 23.9 Å². The highest BCUT2D eigenvalue weighted by atomic mass is 16.7. The average molecular weight is 471 g/mol. The number of aliphatic carboxylic acids is 1. The van der Waals surface area contributed by atoms with Crippen LogP contribution < -0.4 is 10.8 Å². The number of carbonyl (C=O) groups is 3. The van der Waals surface area contributed by atoms with Crippen molar-refractivity contribution < 1.29 is 33.8 Å². The quantitative estimate of drug-likeness (QED) is 0.431. The Bertz CT molecular complexity index is 978. The summed E-state index contributed by atoms with van der Waals surface area (Å²) < 4.78 is 10.3. The van der Waals surface area contributed by atoms with E-state index in [0.717, 1.165) is 22.3 Å². The second-order valence-electron chi connectivity index (χ2n) is 8.52. The first-order valence-electron chi connectivity index (χ1n) is 11.1. The van der Waals surface area contributed by atoms with Crippen molar-refractivity contribution in [1.82, 2.24) is 10.8 Å². The number of methoxy groups -OCH3 is 1. The molecule has 34 heavy (non-hydrogen) atoms. The molecule has 3 N–H and O–H groups in total. The van der Waals surface area contributed by atoms with Crippen LogP contribution in [0.5, 0.6) is 0 Å². The van der Waals surface area contributed by atoms with Gasteiger partial charge in [-0.3, -0.25) is 9.63 Å². The van der Waals surface area contributed by atoms with Crippen molar-refractivity contribution in [3.63, 3.8) is 0 Å². The van der Waals surface area contributed by atoms with Crippen LogP contribution in [0.2, 0.25) is 0 Å². The van der Waals surface area contributed by atoms with Gasteiger partial charge in [-0.2, -0.15) is 0 Å². The topological polar surface area (TPSA) is 123 Å². The molecule has 3 rings (SSSR count). The van der Waals surface area contributed by atoms with Gasteiger partial charge in [-0.05, 0) is 34.6 Å². The summed E-state index contributed by atoms with van der Waals surface area (Å²) in [6, 6.07) is 15.0. The Morgan fingerprint density at radius 2 is 1.59 bits per heavy atom. The second kappa shape index (κ2) is 11.6. The number of fused-ring (bicyclic) bond motifs is 3. The van der Waals surface area contributed by atoms with Gasteiger partial charge in [-0.1, -0.05) is 62.4 Å². The van der Waals surface area contributed by atoms with Crippen LogP contribution in [-0.4, -0.2) is 55.5 Å². The molecular formula is C25H30N2O7. The summed E-state index contributed by atoms with van der Waals surface area (Å²) in [6.07, 6.45) is -1.81. The first-order valence-corrected chi connectivity index (χ1v) is 11.1. The third kappa shape index (κ3) is 6.12. The van der Waals surface area contributed by atoms with E-state index in [9.17, 15) is 14.4 Å². The number of carboxylic acids is 1. The van der Waals surface area contributed by atoms with Crippen molar-refractivity contribution in [3.8, 4) is 11.1 Å². The van der Waals surface area contributed by atoms with E-state index in [-0.39, 0.29) is 25.0 Å². The van der Waals surface area contributed by atoms with Crippen LogP contribution in [0.4, 0.5) is 4.79 Å². The van der Waals surface area contributed by atoms with E-state index in [0.29, 0.717) is 6.42 Å². The number of alkyl carbamates (subject to hydrolysis) is 1. The van der Waals surface area contributed by atoms with Gasteiger partial charge in [0.25, 0.3) is 5.91 Å². The third-order valence-corrected chi connectivity index (χ3v) is 5.55. The van der Waals surface area contributed by atoms with Crippen LogP contribution >= 0.6 is 0 Å². The molecule has 0 spiro atoms. The summed E-state index contributed by atoms with van der Waals surface area (Å²) in [5.41, 5.74) is 6.51. The molecule has 0 fully saturated rings. The Hall–Kier alpha value is -3.43. The van der Waals surface area contributed by atoms with Crippen LogP contribution in [0.3, 0.4) is 0 Å². The minimum Gasteiger partial charge on any atom is -0.479 e. The lowest BCUT2D eigenvalue weighted by molar-refractivity contribution is -0.165. The number of hydrogen-bond donors (Lipinski definition) is 3. The van der Waals surface area contributed by atoms with Crippen molar-refractivity contribution in [2.45, 2.75) is 38.3 Å². The van der Waals surface area contributed by atoms with Gasteiger partial charge in [-0.15, -0.1) is 0 Å². The molecule has 9 nitrogen and oxygen atoms in total. The summed E-state index contributed by atoms with van der Waals surface area (Å²) in [6.45, 7) is 3.66. The van der Waals surface area contributed by atoms with Crippen LogP contribution in [0.1, 0.15) is 37.3 Å². The molecule has 0 aliphatic heterocycles. The predicted octanol–water partition coefficient (Wildman–Crippen LogP) is 3.09. The van der Waals surface area contributed by atoms with Gasteiger partial charge in [-0.25, -0.2) is 15.1 Å². The van der Waals surface area contributed by atoms with Gasteiger partial charge in [0.05, 0.1) is 6.61 Å². The van der Waals surface area contributed by atoms with Crippen LogP contribution in [0, 0.1) is 5.92 Å². The molecule has 1 aliphatic rings. The molecule has 1 aliphatic carbocycles. The van der Waals surface area contributed by atoms with E-state index in [2.05, 4.69) is 10.8 Å². The summed E-state index contributed by atoms with van der Waals surface area (Å²) in [5, 5.41) is 11.7. The predicted molar refractivity (Wildman–Crippen MR) is 124 cm³/mol. The molecule has 0 aromatic heterocycles. The van der Waals surface area contributed by atoms with Gasteiger partial charge in [0.15, 0.2) is 0 Å². The second-order valence-corrected chi connectivity index (χ2v) is 8.52. The number of carboxylic acid groups (broad SMARTS) is 1. The lowest BCUT2D eigenvalue weighted by Crippen LogP contribution is -2.49. The fraction of sp³-hybridized carbons (Fsp3) is 0.400. The number of carbonyl (C=O) groups excluding carboxylic acids is 2. The minimum absolute atomic E-state index is 0.0684. The molecule has 0 bridgehead atoms. The minimum atomic E-state index is -1.37. The third-order valence-electron chi connectivity index (χ3n) is 5.55. The lowest BCUT2D eigenvalue weighted by Gasteiger charge is -2.21. The first kappa shape index (κ1) is 25.2. The van der Waals surface area contributed by atoms with Gasteiger partial charge < -0.3 is 19.9 Å². The van der Waals surface area contributed by atoms with E-state index in [1.54, 1.807) is 0 Å². The zero-order valence-electron chi connectivity index (χ0n) is 19.4. The number of nitrogens with one attached hydrogen (secondary N) is 2. The molecule has 9 heteroatoms. The molecule has 2 atom stereocenters. The summed E-state index contributed by atoms with van der Waals surface area (Å²) in [5.74, 6) is -2.00. The normalized spacial score (nSPS) is 14.1. The molecule has 0 saturated carbocycles. The van der Waals surface area contributed by atoms with Crippen molar-refractivity contribution in [2.75, 3.05) is 20.3 Å². The Kier molecular flexibility index (Phi) is 8.61. The zero-order valence-corrected chi connectivity index (χ0v) is 19.4. The Morgan fingerprint density at radius 1 is 1.00 bits per heavy atom. The number of rotatable bonds is 11. The van der Waals surface area contributed by atoms with Gasteiger partial charge in [0.1, 0.15) is 12.6 Å². The van der Waals surface area contributed by atoms with E-state index in [1.807, 2.05) is 62.4 Å². The maximum atomic E-state index is 12.6. The highest BCUT2D eigenvalue weighted by molar-refractivity contribution is 5.85. The Balaban J connectivity index is 1.62. The fourth-order valence-electron chi connectivity index (χ4n) is 3.99. The Labute approximate surface area is 198 Å². The van der Waals surface area contributed by atoms with E-state index in [4.69, 9.17) is 19.4 Å². The SMILES string of the molecule is COCC(ONC(=O)[C@@H](CC(C)C)NC(=O)OCC1c2ccccc2-c2ccccc21)C(=O)O. The maximum Gasteiger partial charge on any atom is 0.407 e. The molecule has 1 unspecified atom stereocenters. The number of ether oxygens (including phenoxy) is 2. The molecule has 0 radical (unpaired) electrons. The Morgan fingerprint density at radius 3 is 2.12 bits per heavy atom. The van der Waals surface area contributed by atoms with E-state index >= 15 is 0 Å². The van der Waals surface area contributed by atoms with Gasteiger partial charge in [0.2, 0.25) is 6.10 Å². The molecule has 2 aromatic carbocycles. The van der Waals surface area contributed by atoms with Crippen molar-refractivity contribution >= 4 is 18.0 Å². The van der Waals surface area contributed by atoms with Crippen molar-refractivity contribution in [1.29, 1.82) is 0 Å². The standard InChI is InChI=1S/C25H30N2O7/c1-15(2)12-21(23(28)27-34-22(14-32-3)24(29)30)26-25(31)33-13-20-18-10-6-4-8-16(18)17-9-5-7-11-19(17)20/h4-11,15,20-22H,12-14H2,1-3H3,(H,26,31)(H,27,28)(H,29,30)/t21-,22?/m1/s1. The monoisotopic (exact) mass is 470 g/mol. The fourth-order valence-corrected chi connectivity index (χ4v) is 3.99. The van der Waals surface area contributed by atoms with Crippen molar-refractivity contribution in [2.24, 2.45) is 5.92 Å². The van der Waals surface area contributed by atoms with Gasteiger partial charge in [0, 0.05) is 13.0 Å². The molecule has 2 aromatic rings. The summed E-state index contributed by atoms with van der Waals surface area (Å²) in [7, 11) is 1.32. The summed E-state index contributed by atoms with van der Waals surface area (Å²) in [4.78, 5) is 41.3. The van der Waals surface area contributed by atoms with Crippen LogP contribution in [0.25, 0.3) is 11.1 Å². The number of amides is 2. The van der Waals surface area contributed by atoms with E-state index in [1.165, 1.54) is 7.11 Å². The largest absolute Gasteiger partial charge is 0.479 e. The number of benzene rings is 2. The number of hydrogen-bond acceptors (Lipinski definition) is 6. The average Bonchev–Trinajstić information content (AvgIpc) is 3.13. The van der Waals surface area contributed by atoms with Crippen LogP contribution in [0.15, 0.2) is 48.5 Å². The highest BCUT2D eigenvalue weighted by Gasteiger charge is 2.30. The molecule has 0 saturated heterocycles. The highest BCUT2D eigenvalue weighted by Crippen LogP contribution is 2.44. The molecule has 2 amide bonds. The van der Waals surface area contributed by atoms with Crippen molar-refractivity contribution in [3.05, 3.63) is 59.7 Å². The smallest absolute Gasteiger partial charge is 0.407 e. The first-order chi connectivity index (χ1) is 16.3.